The van der Waals surface area contributed by atoms with Crippen LogP contribution in [0.2, 0.25) is 0 Å². The van der Waals surface area contributed by atoms with Gasteiger partial charge in [0, 0.05) is 9.17 Å². The molecule has 0 fully saturated rings. The van der Waals surface area contributed by atoms with Crippen molar-refractivity contribution in [2.45, 2.75) is 6.92 Å². The first-order valence-electron chi connectivity index (χ1n) is 3.52. The molecule has 0 N–H and O–H groups in total. The Morgan fingerprint density at radius 2 is 2.00 bits per heavy atom. The third-order valence-corrected chi connectivity index (χ3v) is 4.46. The van der Waals surface area contributed by atoms with Crippen LogP contribution in [0, 0.1) is 6.92 Å². The molecule has 0 aliphatic rings. The summed E-state index contributed by atoms with van der Waals surface area (Å²) in [5.41, 5.74) is 1.34. The summed E-state index contributed by atoms with van der Waals surface area (Å²) >= 11 is 8.77. The average Bonchev–Trinajstić information content (AvgIpc) is 2.28. The molecule has 3 heteroatoms. The monoisotopic (exact) mass is 304 g/mol. The minimum atomic E-state index is 1.14. The molecule has 0 nitrogen and oxygen atoms in total. The first-order chi connectivity index (χ1) is 5.68. The Balaban J connectivity index is 2.87. The van der Waals surface area contributed by atoms with Crippen molar-refractivity contribution >= 4 is 53.3 Å². The Morgan fingerprint density at radius 1 is 1.25 bits per heavy atom. The number of hydrogen-bond donors (Lipinski definition) is 0. The molecule has 0 atom stereocenters. The van der Waals surface area contributed by atoms with Gasteiger partial charge in [0.1, 0.15) is 0 Å². The lowest BCUT2D eigenvalue weighted by Crippen LogP contribution is -1.67. The highest BCUT2D eigenvalue weighted by atomic mass is 79.9. The summed E-state index contributed by atoms with van der Waals surface area (Å²) in [6, 6.07) is 6.38. The Morgan fingerprint density at radius 3 is 2.75 bits per heavy atom. The van der Waals surface area contributed by atoms with Crippen molar-refractivity contribution in [3.8, 4) is 0 Å². The van der Waals surface area contributed by atoms with Crippen LogP contribution in [0.3, 0.4) is 0 Å². The van der Waals surface area contributed by atoms with Gasteiger partial charge in [-0.1, -0.05) is 22.0 Å². The molecule has 0 radical (unpaired) electrons. The largest absolute Gasteiger partial charge is 0.128 e. The van der Waals surface area contributed by atoms with Crippen molar-refractivity contribution in [3.05, 3.63) is 32.0 Å². The van der Waals surface area contributed by atoms with Crippen molar-refractivity contribution in [2.75, 3.05) is 0 Å². The number of fused-ring (bicyclic) bond motifs is 1. The van der Waals surface area contributed by atoms with E-state index in [0.29, 0.717) is 0 Å². The second-order valence-electron chi connectivity index (χ2n) is 2.64. The molecular weight excluding hydrogens is 300 g/mol. The predicted molar refractivity (Wildman–Crippen MR) is 62.0 cm³/mol. The van der Waals surface area contributed by atoms with E-state index in [9.17, 15) is 0 Å². The van der Waals surface area contributed by atoms with Gasteiger partial charge in [-0.25, -0.2) is 0 Å². The van der Waals surface area contributed by atoms with Gasteiger partial charge in [-0.3, -0.25) is 0 Å². The summed E-state index contributed by atoms with van der Waals surface area (Å²) in [5, 5.41) is 1.34. The maximum atomic E-state index is 3.54. The minimum Gasteiger partial charge on any atom is -0.128 e. The van der Waals surface area contributed by atoms with Gasteiger partial charge < -0.3 is 0 Å². The van der Waals surface area contributed by atoms with Crippen molar-refractivity contribution in [2.24, 2.45) is 0 Å². The third-order valence-electron chi connectivity index (χ3n) is 1.84. The quantitative estimate of drug-likeness (QED) is 0.660. The number of hydrogen-bond acceptors (Lipinski definition) is 1. The van der Waals surface area contributed by atoms with Crippen LogP contribution >= 0.6 is 43.2 Å². The summed E-state index contributed by atoms with van der Waals surface area (Å²) in [7, 11) is 0. The zero-order chi connectivity index (χ0) is 8.72. The van der Waals surface area contributed by atoms with E-state index in [1.54, 1.807) is 11.3 Å². The Kier molecular flexibility index (Phi) is 2.27. The van der Waals surface area contributed by atoms with Gasteiger partial charge in [0.15, 0.2) is 0 Å². The molecule has 0 amide bonds. The molecule has 0 saturated heterocycles. The summed E-state index contributed by atoms with van der Waals surface area (Å²) in [5.74, 6) is 0. The number of thiophene rings is 1. The molecule has 1 heterocycles. The van der Waals surface area contributed by atoms with E-state index < -0.39 is 0 Å². The highest BCUT2D eigenvalue weighted by Crippen LogP contribution is 2.35. The van der Waals surface area contributed by atoms with Gasteiger partial charge in [0.25, 0.3) is 0 Å². The van der Waals surface area contributed by atoms with Crippen LogP contribution in [-0.2, 0) is 0 Å². The standard InChI is InChI=1S/C9H6Br2S/c1-5-7-3-2-6(10)4-8(7)12-9(5)11/h2-4H,1H3. The lowest BCUT2D eigenvalue weighted by Gasteiger charge is -1.91. The lowest BCUT2D eigenvalue weighted by atomic mass is 10.2. The molecule has 0 aliphatic carbocycles. The van der Waals surface area contributed by atoms with Gasteiger partial charge in [0.2, 0.25) is 0 Å². The van der Waals surface area contributed by atoms with Gasteiger partial charge >= 0.3 is 0 Å². The second-order valence-corrected chi connectivity index (χ2v) is 5.93. The van der Waals surface area contributed by atoms with Crippen LogP contribution in [0.25, 0.3) is 10.1 Å². The van der Waals surface area contributed by atoms with Crippen LogP contribution in [0.5, 0.6) is 0 Å². The number of rotatable bonds is 0. The van der Waals surface area contributed by atoms with E-state index in [2.05, 4.69) is 57.0 Å². The van der Waals surface area contributed by atoms with Crippen LogP contribution in [0.15, 0.2) is 26.5 Å². The van der Waals surface area contributed by atoms with Gasteiger partial charge in [-0.05, 0) is 45.9 Å². The number of halogens is 2. The molecule has 0 spiro atoms. The lowest BCUT2D eigenvalue weighted by molar-refractivity contribution is 1.56. The molecular formula is C9H6Br2S. The molecule has 1 aromatic heterocycles. The summed E-state index contributed by atoms with van der Waals surface area (Å²) < 4.78 is 3.70. The third kappa shape index (κ3) is 1.34. The first-order valence-corrected chi connectivity index (χ1v) is 5.93. The SMILES string of the molecule is Cc1c(Br)sc2cc(Br)ccc12. The van der Waals surface area contributed by atoms with Crippen molar-refractivity contribution < 1.29 is 0 Å². The highest BCUT2D eigenvalue weighted by molar-refractivity contribution is 9.11. The number of aryl methyl sites for hydroxylation is 1. The summed E-state index contributed by atoms with van der Waals surface area (Å²) in [4.78, 5) is 0. The Bertz CT molecular complexity index is 431. The minimum absolute atomic E-state index is 1.14. The molecule has 0 bridgehead atoms. The summed E-state index contributed by atoms with van der Waals surface area (Å²) in [6.07, 6.45) is 0. The van der Waals surface area contributed by atoms with Crippen LogP contribution in [-0.4, -0.2) is 0 Å². The van der Waals surface area contributed by atoms with E-state index in [1.165, 1.54) is 19.4 Å². The predicted octanol–water partition coefficient (Wildman–Crippen LogP) is 4.73. The smallest absolute Gasteiger partial charge is 0.0740 e. The van der Waals surface area contributed by atoms with E-state index in [1.807, 2.05) is 0 Å². The van der Waals surface area contributed by atoms with Crippen molar-refractivity contribution in [1.82, 2.24) is 0 Å². The van der Waals surface area contributed by atoms with Crippen LogP contribution < -0.4 is 0 Å². The fourth-order valence-corrected chi connectivity index (χ4v) is 3.39. The second kappa shape index (κ2) is 3.13. The van der Waals surface area contributed by atoms with E-state index in [-0.39, 0.29) is 0 Å². The van der Waals surface area contributed by atoms with Crippen LogP contribution in [0.1, 0.15) is 5.56 Å². The van der Waals surface area contributed by atoms with E-state index >= 15 is 0 Å². The zero-order valence-corrected chi connectivity index (χ0v) is 10.4. The molecule has 2 rings (SSSR count). The molecule has 0 saturated carbocycles. The van der Waals surface area contributed by atoms with Crippen molar-refractivity contribution in [1.29, 1.82) is 0 Å². The van der Waals surface area contributed by atoms with Gasteiger partial charge in [0.05, 0.1) is 3.79 Å². The number of benzene rings is 1. The molecule has 1 aromatic carbocycles. The highest BCUT2D eigenvalue weighted by Gasteiger charge is 2.05. The molecule has 2 aromatic rings. The summed E-state index contributed by atoms with van der Waals surface area (Å²) in [6.45, 7) is 2.14. The first kappa shape index (κ1) is 8.73. The molecule has 0 aliphatic heterocycles. The fourth-order valence-electron chi connectivity index (χ4n) is 1.17. The molecule has 62 valence electrons. The fraction of sp³-hybridized carbons (Fsp3) is 0.111. The van der Waals surface area contributed by atoms with E-state index in [0.717, 1.165) is 4.47 Å². The Labute approximate surface area is 91.9 Å². The van der Waals surface area contributed by atoms with Gasteiger partial charge in [-0.2, -0.15) is 0 Å². The maximum Gasteiger partial charge on any atom is 0.0740 e. The van der Waals surface area contributed by atoms with Crippen LogP contribution in [0.4, 0.5) is 0 Å². The maximum absolute atomic E-state index is 3.54. The topological polar surface area (TPSA) is 0 Å². The Hall–Kier alpha value is 0.140. The average molecular weight is 306 g/mol. The van der Waals surface area contributed by atoms with Gasteiger partial charge in [-0.15, -0.1) is 11.3 Å². The van der Waals surface area contributed by atoms with Crippen molar-refractivity contribution in [3.63, 3.8) is 0 Å². The van der Waals surface area contributed by atoms with E-state index in [4.69, 9.17) is 0 Å². The normalized spacial score (nSPS) is 10.9. The molecule has 12 heavy (non-hydrogen) atoms. The zero-order valence-electron chi connectivity index (χ0n) is 6.40. The molecule has 0 unspecified atom stereocenters.